The molecule has 0 unspecified atom stereocenters. The van der Waals surface area contributed by atoms with Gasteiger partial charge in [-0.05, 0) is 25.7 Å². The van der Waals surface area contributed by atoms with Crippen molar-refractivity contribution >= 4 is 22.7 Å². The SMILES string of the molecule is NC(=O)N1CCC[C@H](Nc2nc(C3CC3)ns2)C1. The van der Waals surface area contributed by atoms with Crippen LogP contribution in [0.4, 0.5) is 9.93 Å². The second kappa shape index (κ2) is 4.72. The quantitative estimate of drug-likeness (QED) is 0.866. The van der Waals surface area contributed by atoms with Gasteiger partial charge >= 0.3 is 6.03 Å². The summed E-state index contributed by atoms with van der Waals surface area (Å²) in [4.78, 5) is 17.3. The zero-order valence-corrected chi connectivity index (χ0v) is 10.9. The Morgan fingerprint density at radius 3 is 3.00 bits per heavy atom. The van der Waals surface area contributed by atoms with Crippen LogP contribution in [0.2, 0.25) is 0 Å². The van der Waals surface area contributed by atoms with Gasteiger partial charge in [0, 0.05) is 36.6 Å². The van der Waals surface area contributed by atoms with Crippen molar-refractivity contribution in [3.63, 3.8) is 0 Å². The van der Waals surface area contributed by atoms with Crippen LogP contribution in [0.15, 0.2) is 0 Å². The number of anilines is 1. The van der Waals surface area contributed by atoms with E-state index >= 15 is 0 Å². The van der Waals surface area contributed by atoms with Gasteiger partial charge in [0.25, 0.3) is 0 Å². The standard InChI is InChI=1S/C11H17N5OS/c12-10(17)16-5-1-2-8(6-16)13-11-14-9(15-18-11)7-3-4-7/h7-8H,1-6H2,(H2,12,17)(H,13,14,15)/t8-/m0/s1. The van der Waals surface area contributed by atoms with E-state index in [1.54, 1.807) is 4.90 Å². The van der Waals surface area contributed by atoms with E-state index in [9.17, 15) is 4.79 Å². The number of urea groups is 1. The average molecular weight is 267 g/mol. The molecule has 1 aromatic heterocycles. The van der Waals surface area contributed by atoms with Crippen LogP contribution in [0.3, 0.4) is 0 Å². The van der Waals surface area contributed by atoms with Gasteiger partial charge in [-0.1, -0.05) is 0 Å². The second-order valence-corrected chi connectivity index (χ2v) is 5.75. The molecule has 1 atom stereocenters. The molecule has 2 fully saturated rings. The average Bonchev–Trinajstić information content (AvgIpc) is 3.11. The number of rotatable bonds is 3. The van der Waals surface area contributed by atoms with E-state index in [4.69, 9.17) is 5.73 Å². The van der Waals surface area contributed by atoms with Crippen molar-refractivity contribution in [2.24, 2.45) is 5.73 Å². The number of carbonyl (C=O) groups excluding carboxylic acids is 1. The summed E-state index contributed by atoms with van der Waals surface area (Å²) in [6.45, 7) is 1.42. The molecule has 0 radical (unpaired) electrons. The Morgan fingerprint density at radius 1 is 1.44 bits per heavy atom. The van der Waals surface area contributed by atoms with Crippen LogP contribution in [0, 0.1) is 0 Å². The molecule has 2 aliphatic rings. The van der Waals surface area contributed by atoms with Crippen molar-refractivity contribution in [3.05, 3.63) is 5.82 Å². The number of likely N-dealkylation sites (tertiary alicyclic amines) is 1. The molecule has 1 saturated carbocycles. The van der Waals surface area contributed by atoms with Crippen LogP contribution < -0.4 is 11.1 Å². The van der Waals surface area contributed by atoms with Gasteiger partial charge in [0.2, 0.25) is 5.13 Å². The molecular formula is C11H17N5OS. The predicted molar refractivity (Wildman–Crippen MR) is 69.7 cm³/mol. The third kappa shape index (κ3) is 2.55. The molecule has 1 aliphatic carbocycles. The number of nitrogens with two attached hydrogens (primary N) is 1. The van der Waals surface area contributed by atoms with Crippen LogP contribution in [0.25, 0.3) is 0 Å². The van der Waals surface area contributed by atoms with Crippen LogP contribution >= 0.6 is 11.5 Å². The fourth-order valence-corrected chi connectivity index (χ4v) is 2.99. The third-order valence-electron chi connectivity index (χ3n) is 3.44. The zero-order valence-electron chi connectivity index (χ0n) is 10.1. The van der Waals surface area contributed by atoms with Crippen molar-refractivity contribution in [1.29, 1.82) is 0 Å². The number of amides is 2. The maximum Gasteiger partial charge on any atom is 0.314 e. The van der Waals surface area contributed by atoms with E-state index < -0.39 is 0 Å². The van der Waals surface area contributed by atoms with Gasteiger partial charge in [-0.2, -0.15) is 4.37 Å². The summed E-state index contributed by atoms with van der Waals surface area (Å²) in [6, 6.07) is -0.0938. The van der Waals surface area contributed by atoms with Gasteiger partial charge < -0.3 is 16.0 Å². The van der Waals surface area contributed by atoms with E-state index in [0.29, 0.717) is 12.5 Å². The predicted octanol–water partition coefficient (Wildman–Crippen LogP) is 1.37. The molecule has 98 valence electrons. The van der Waals surface area contributed by atoms with E-state index in [-0.39, 0.29) is 12.1 Å². The molecule has 1 aromatic rings. The molecule has 2 amide bonds. The molecule has 0 spiro atoms. The molecule has 0 aromatic carbocycles. The molecule has 1 saturated heterocycles. The van der Waals surface area contributed by atoms with Gasteiger partial charge in [0.1, 0.15) is 5.82 Å². The van der Waals surface area contributed by atoms with Crippen molar-refractivity contribution in [1.82, 2.24) is 14.3 Å². The van der Waals surface area contributed by atoms with Crippen LogP contribution in [0.1, 0.15) is 37.4 Å². The van der Waals surface area contributed by atoms with Gasteiger partial charge in [-0.25, -0.2) is 9.78 Å². The molecule has 3 rings (SSSR count). The molecule has 18 heavy (non-hydrogen) atoms. The summed E-state index contributed by atoms with van der Waals surface area (Å²) in [6.07, 6.45) is 4.46. The lowest BCUT2D eigenvalue weighted by Crippen LogP contribution is -2.47. The third-order valence-corrected chi connectivity index (χ3v) is 4.11. The minimum absolute atomic E-state index is 0.242. The number of piperidine rings is 1. The normalized spacial score (nSPS) is 24.0. The highest BCUT2D eigenvalue weighted by Crippen LogP contribution is 2.39. The summed E-state index contributed by atoms with van der Waals surface area (Å²) in [5, 5.41) is 4.23. The fraction of sp³-hybridized carbons (Fsp3) is 0.727. The first kappa shape index (κ1) is 11.7. The lowest BCUT2D eigenvalue weighted by atomic mass is 10.1. The number of nitrogens with zero attached hydrogens (tertiary/aromatic N) is 3. The molecular weight excluding hydrogens is 250 g/mol. The second-order valence-electron chi connectivity index (χ2n) is 5.00. The fourth-order valence-electron chi connectivity index (χ4n) is 2.27. The summed E-state index contributed by atoms with van der Waals surface area (Å²) in [7, 11) is 0. The summed E-state index contributed by atoms with van der Waals surface area (Å²) >= 11 is 1.41. The van der Waals surface area contributed by atoms with Crippen molar-refractivity contribution < 1.29 is 4.79 Å². The number of hydrogen-bond donors (Lipinski definition) is 2. The Hall–Kier alpha value is -1.37. The van der Waals surface area contributed by atoms with Gasteiger partial charge in [-0.15, -0.1) is 0 Å². The van der Waals surface area contributed by atoms with E-state index in [1.807, 2.05) is 0 Å². The first-order valence-electron chi connectivity index (χ1n) is 6.37. The van der Waals surface area contributed by atoms with Gasteiger partial charge in [0.05, 0.1) is 0 Å². The number of hydrogen-bond acceptors (Lipinski definition) is 5. The summed E-state index contributed by atoms with van der Waals surface area (Å²) in [5.41, 5.74) is 5.31. The highest BCUT2D eigenvalue weighted by molar-refractivity contribution is 7.09. The number of nitrogens with one attached hydrogen (secondary N) is 1. The summed E-state index contributed by atoms with van der Waals surface area (Å²) < 4.78 is 4.36. The van der Waals surface area contributed by atoms with Crippen LogP contribution in [-0.2, 0) is 0 Å². The Kier molecular flexibility index (Phi) is 3.07. The molecule has 1 aliphatic heterocycles. The van der Waals surface area contributed by atoms with Gasteiger partial charge in [0.15, 0.2) is 0 Å². The van der Waals surface area contributed by atoms with E-state index in [2.05, 4.69) is 14.7 Å². The first-order valence-corrected chi connectivity index (χ1v) is 7.14. The molecule has 3 N–H and O–H groups in total. The smallest absolute Gasteiger partial charge is 0.314 e. The largest absolute Gasteiger partial charge is 0.356 e. The maximum atomic E-state index is 11.1. The molecule has 6 nitrogen and oxygen atoms in total. The van der Waals surface area contributed by atoms with E-state index in [0.717, 1.165) is 30.3 Å². The molecule has 0 bridgehead atoms. The van der Waals surface area contributed by atoms with Crippen molar-refractivity contribution in [2.75, 3.05) is 18.4 Å². The van der Waals surface area contributed by atoms with Gasteiger partial charge in [-0.3, -0.25) is 0 Å². The summed E-state index contributed by atoms with van der Waals surface area (Å²) in [5.74, 6) is 1.57. The number of aromatic nitrogens is 2. The number of carbonyl (C=O) groups is 1. The topological polar surface area (TPSA) is 84.1 Å². The molecule has 7 heteroatoms. The van der Waals surface area contributed by atoms with Crippen LogP contribution in [0.5, 0.6) is 0 Å². The maximum absolute atomic E-state index is 11.1. The Labute approximate surface area is 110 Å². The van der Waals surface area contributed by atoms with Crippen molar-refractivity contribution in [2.45, 2.75) is 37.6 Å². The minimum Gasteiger partial charge on any atom is -0.356 e. The lowest BCUT2D eigenvalue weighted by Gasteiger charge is -2.31. The monoisotopic (exact) mass is 267 g/mol. The Balaban J connectivity index is 1.59. The minimum atomic E-state index is -0.336. The van der Waals surface area contributed by atoms with E-state index in [1.165, 1.54) is 24.4 Å². The highest BCUT2D eigenvalue weighted by Gasteiger charge is 2.28. The highest BCUT2D eigenvalue weighted by atomic mass is 32.1. The molecule has 2 heterocycles. The van der Waals surface area contributed by atoms with Crippen molar-refractivity contribution in [3.8, 4) is 0 Å². The lowest BCUT2D eigenvalue weighted by molar-refractivity contribution is 0.192. The van der Waals surface area contributed by atoms with Crippen LogP contribution in [-0.4, -0.2) is 39.4 Å². The first-order chi connectivity index (χ1) is 8.72. The zero-order chi connectivity index (χ0) is 12.5. The Morgan fingerprint density at radius 2 is 2.28 bits per heavy atom. The number of primary amides is 1. The Bertz CT molecular complexity index is 444.